The highest BCUT2D eigenvalue weighted by atomic mass is 16.3. The second kappa shape index (κ2) is 5.90. The standard InChI is InChI=1S/C19H16N4O2/c1-12-15(11-23(2)22-12)16(24)8-7-14-10-20-21-19(14)18-9-13-5-3-4-6-17(13)25-18/h3-11H,1-2H3,(H,20,21). The largest absolute Gasteiger partial charge is 0.454 e. The Bertz CT molecular complexity index is 1060. The smallest absolute Gasteiger partial charge is 0.189 e. The number of nitrogens with zero attached hydrogens (tertiary/aromatic N) is 3. The Morgan fingerprint density at radius 3 is 2.92 bits per heavy atom. The van der Waals surface area contributed by atoms with Crippen molar-refractivity contribution in [2.24, 2.45) is 7.05 Å². The molecule has 25 heavy (non-hydrogen) atoms. The fourth-order valence-corrected chi connectivity index (χ4v) is 2.82. The molecule has 0 unspecified atom stereocenters. The highest BCUT2D eigenvalue weighted by Gasteiger charge is 2.13. The number of rotatable bonds is 4. The van der Waals surface area contributed by atoms with Gasteiger partial charge in [0.05, 0.1) is 17.5 Å². The van der Waals surface area contributed by atoms with Crippen molar-refractivity contribution >= 4 is 22.8 Å². The minimum atomic E-state index is -0.0950. The molecule has 0 radical (unpaired) electrons. The van der Waals surface area contributed by atoms with E-state index in [0.717, 1.165) is 22.2 Å². The number of aryl methyl sites for hydroxylation is 2. The molecule has 6 heteroatoms. The van der Waals surface area contributed by atoms with E-state index in [0.29, 0.717) is 17.0 Å². The topological polar surface area (TPSA) is 76.7 Å². The number of carbonyl (C=O) groups is 1. The van der Waals surface area contributed by atoms with Crippen LogP contribution in [0, 0.1) is 6.92 Å². The van der Waals surface area contributed by atoms with Gasteiger partial charge in [-0.05, 0) is 31.2 Å². The van der Waals surface area contributed by atoms with Crippen LogP contribution < -0.4 is 0 Å². The summed E-state index contributed by atoms with van der Waals surface area (Å²) in [6.45, 7) is 1.82. The molecule has 3 aromatic heterocycles. The molecule has 4 rings (SSSR count). The van der Waals surface area contributed by atoms with Gasteiger partial charge in [-0.2, -0.15) is 10.2 Å². The molecule has 0 fully saturated rings. The summed E-state index contributed by atoms with van der Waals surface area (Å²) in [6.07, 6.45) is 6.65. The highest BCUT2D eigenvalue weighted by molar-refractivity contribution is 6.07. The number of H-pyrrole nitrogens is 1. The van der Waals surface area contributed by atoms with E-state index < -0.39 is 0 Å². The third kappa shape index (κ3) is 2.78. The lowest BCUT2D eigenvalue weighted by Gasteiger charge is -1.95. The van der Waals surface area contributed by atoms with Crippen LogP contribution in [0.5, 0.6) is 0 Å². The monoisotopic (exact) mass is 332 g/mol. The minimum Gasteiger partial charge on any atom is -0.454 e. The second-order valence-electron chi connectivity index (χ2n) is 5.85. The molecule has 0 bridgehead atoms. The summed E-state index contributed by atoms with van der Waals surface area (Å²) in [5, 5.41) is 12.2. The molecule has 0 aliphatic carbocycles. The van der Waals surface area contributed by atoms with Crippen molar-refractivity contribution in [1.82, 2.24) is 20.0 Å². The van der Waals surface area contributed by atoms with Crippen LogP contribution in [0.15, 0.2) is 53.2 Å². The van der Waals surface area contributed by atoms with Crippen LogP contribution in [-0.2, 0) is 7.05 Å². The quantitative estimate of drug-likeness (QED) is 0.456. The Hall–Kier alpha value is -3.41. The Labute approximate surface area is 143 Å². The van der Waals surface area contributed by atoms with Gasteiger partial charge in [-0.15, -0.1) is 0 Å². The van der Waals surface area contributed by atoms with Crippen molar-refractivity contribution in [3.05, 3.63) is 65.6 Å². The van der Waals surface area contributed by atoms with E-state index >= 15 is 0 Å². The van der Waals surface area contributed by atoms with Gasteiger partial charge in [0.2, 0.25) is 0 Å². The summed E-state index contributed by atoms with van der Waals surface area (Å²) in [7, 11) is 1.79. The Morgan fingerprint density at radius 2 is 2.16 bits per heavy atom. The second-order valence-corrected chi connectivity index (χ2v) is 5.85. The first-order valence-electron chi connectivity index (χ1n) is 7.87. The van der Waals surface area contributed by atoms with Gasteiger partial charge in [-0.25, -0.2) is 0 Å². The number of allylic oxidation sites excluding steroid dienone is 1. The summed E-state index contributed by atoms with van der Waals surface area (Å²) in [5.41, 5.74) is 3.63. The number of carbonyl (C=O) groups excluding carboxylic acids is 1. The number of furan rings is 1. The fraction of sp³-hybridized carbons (Fsp3) is 0.105. The molecule has 0 saturated heterocycles. The van der Waals surface area contributed by atoms with Crippen molar-refractivity contribution in [3.8, 4) is 11.5 Å². The number of ketones is 1. The SMILES string of the molecule is Cc1nn(C)cc1C(=O)C=Cc1cn[nH]c1-c1cc2ccccc2o1. The molecule has 0 atom stereocenters. The van der Waals surface area contributed by atoms with Crippen LogP contribution in [0.4, 0.5) is 0 Å². The number of fused-ring (bicyclic) bond motifs is 1. The van der Waals surface area contributed by atoms with Gasteiger partial charge >= 0.3 is 0 Å². The van der Waals surface area contributed by atoms with Gasteiger partial charge < -0.3 is 4.42 Å². The minimum absolute atomic E-state index is 0.0950. The molecule has 0 spiro atoms. The lowest BCUT2D eigenvalue weighted by Crippen LogP contribution is -1.94. The number of para-hydroxylation sites is 1. The van der Waals surface area contributed by atoms with Crippen molar-refractivity contribution in [2.75, 3.05) is 0 Å². The molecule has 3 heterocycles. The predicted molar refractivity (Wildman–Crippen MR) is 95.1 cm³/mol. The highest BCUT2D eigenvalue weighted by Crippen LogP contribution is 2.29. The molecule has 124 valence electrons. The molecule has 0 amide bonds. The lowest BCUT2D eigenvalue weighted by molar-refractivity contribution is 0.104. The number of aromatic amines is 1. The van der Waals surface area contributed by atoms with E-state index in [-0.39, 0.29) is 5.78 Å². The first-order chi connectivity index (χ1) is 12.1. The number of hydrogen-bond acceptors (Lipinski definition) is 4. The molecule has 0 aliphatic heterocycles. The predicted octanol–water partition coefficient (Wildman–Crippen LogP) is 3.76. The fourth-order valence-electron chi connectivity index (χ4n) is 2.82. The lowest BCUT2D eigenvalue weighted by atomic mass is 10.1. The zero-order valence-electron chi connectivity index (χ0n) is 13.9. The number of benzene rings is 1. The number of aromatic nitrogens is 4. The van der Waals surface area contributed by atoms with Gasteiger partial charge in [0.1, 0.15) is 11.3 Å². The maximum atomic E-state index is 12.4. The van der Waals surface area contributed by atoms with Crippen LogP contribution in [0.25, 0.3) is 28.5 Å². The first-order valence-corrected chi connectivity index (χ1v) is 7.87. The first kappa shape index (κ1) is 15.1. The third-order valence-corrected chi connectivity index (χ3v) is 4.03. The summed E-state index contributed by atoms with van der Waals surface area (Å²) in [5.74, 6) is 0.589. The average Bonchev–Trinajstić information content (AvgIpc) is 3.29. The van der Waals surface area contributed by atoms with Crippen molar-refractivity contribution in [2.45, 2.75) is 6.92 Å². The van der Waals surface area contributed by atoms with Gasteiger partial charge in [0.15, 0.2) is 11.5 Å². The van der Waals surface area contributed by atoms with E-state index in [2.05, 4.69) is 15.3 Å². The van der Waals surface area contributed by atoms with Crippen molar-refractivity contribution in [3.63, 3.8) is 0 Å². The van der Waals surface area contributed by atoms with Crippen molar-refractivity contribution in [1.29, 1.82) is 0 Å². The maximum absolute atomic E-state index is 12.4. The van der Waals surface area contributed by atoms with Gasteiger partial charge in [-0.3, -0.25) is 14.6 Å². The zero-order chi connectivity index (χ0) is 17.4. The Balaban J connectivity index is 1.65. The van der Waals surface area contributed by atoms with Crippen LogP contribution in [-0.4, -0.2) is 25.8 Å². The summed E-state index contributed by atoms with van der Waals surface area (Å²) in [4.78, 5) is 12.4. The zero-order valence-corrected chi connectivity index (χ0v) is 13.9. The molecule has 1 N–H and O–H groups in total. The number of hydrogen-bond donors (Lipinski definition) is 1. The van der Waals surface area contributed by atoms with E-state index in [1.165, 1.54) is 6.08 Å². The van der Waals surface area contributed by atoms with E-state index in [1.54, 1.807) is 30.2 Å². The Morgan fingerprint density at radius 1 is 1.32 bits per heavy atom. The maximum Gasteiger partial charge on any atom is 0.189 e. The van der Waals surface area contributed by atoms with Crippen LogP contribution in [0.1, 0.15) is 21.6 Å². The molecular formula is C19H16N4O2. The molecule has 1 aromatic carbocycles. The summed E-state index contributed by atoms with van der Waals surface area (Å²) < 4.78 is 7.50. The normalized spacial score (nSPS) is 11.6. The molecule has 6 nitrogen and oxygen atoms in total. The van der Waals surface area contributed by atoms with E-state index in [1.807, 2.05) is 37.3 Å². The Kier molecular flexibility index (Phi) is 3.57. The molecule has 0 saturated carbocycles. The summed E-state index contributed by atoms with van der Waals surface area (Å²) >= 11 is 0. The van der Waals surface area contributed by atoms with Crippen molar-refractivity contribution < 1.29 is 9.21 Å². The van der Waals surface area contributed by atoms with Crippen LogP contribution in [0.3, 0.4) is 0 Å². The van der Waals surface area contributed by atoms with Crippen LogP contribution >= 0.6 is 0 Å². The average molecular weight is 332 g/mol. The molecule has 0 aliphatic rings. The number of nitrogens with one attached hydrogen (secondary N) is 1. The van der Waals surface area contributed by atoms with Gasteiger partial charge in [-0.1, -0.05) is 18.2 Å². The summed E-state index contributed by atoms with van der Waals surface area (Å²) in [6, 6.07) is 9.75. The molecular weight excluding hydrogens is 316 g/mol. The van der Waals surface area contributed by atoms with Gasteiger partial charge in [0, 0.05) is 24.2 Å². The molecule has 4 aromatic rings. The van der Waals surface area contributed by atoms with E-state index in [4.69, 9.17) is 4.42 Å². The van der Waals surface area contributed by atoms with Gasteiger partial charge in [0.25, 0.3) is 0 Å². The third-order valence-electron chi connectivity index (χ3n) is 4.03. The van der Waals surface area contributed by atoms with E-state index in [9.17, 15) is 4.79 Å². The van der Waals surface area contributed by atoms with Crippen LogP contribution in [0.2, 0.25) is 0 Å².